The number of anilines is 1. The molecule has 0 atom stereocenters. The number of unbranched alkanes of at least 4 members (excludes halogenated alkanes) is 6. The molecule has 1 rings (SSSR count). The summed E-state index contributed by atoms with van der Waals surface area (Å²) >= 11 is 3.40. The Hall–Kier alpha value is -0.900. The Morgan fingerprint density at radius 3 is 2.45 bits per heavy atom. The summed E-state index contributed by atoms with van der Waals surface area (Å²) in [7, 11) is 0. The molecule has 1 amide bonds. The van der Waals surface area contributed by atoms with Crippen LogP contribution in [0.4, 0.5) is 5.82 Å². The molecule has 3 nitrogen and oxygen atoms in total. The van der Waals surface area contributed by atoms with E-state index in [4.69, 9.17) is 0 Å². The van der Waals surface area contributed by atoms with Gasteiger partial charge in [-0.1, -0.05) is 45.4 Å². The molecule has 0 saturated carbocycles. The van der Waals surface area contributed by atoms with Crippen LogP contribution in [0.2, 0.25) is 0 Å². The van der Waals surface area contributed by atoms with Crippen molar-refractivity contribution < 1.29 is 4.79 Å². The maximum absolute atomic E-state index is 11.8. The molecule has 112 valence electrons. The monoisotopic (exact) mass is 340 g/mol. The van der Waals surface area contributed by atoms with Crippen molar-refractivity contribution in [3.05, 3.63) is 22.3 Å². The van der Waals surface area contributed by atoms with Gasteiger partial charge in [0, 0.05) is 10.9 Å². The Bertz CT molecular complexity index is 421. The standard InChI is InChI=1S/C16H25BrN2O/c1-3-4-5-6-7-8-9-10-16(20)19-15-12-11-14(17)13(2)18-15/h11-12H,3-10H2,1-2H3,(H,18,19,20). The zero-order valence-corrected chi connectivity index (χ0v) is 14.1. The summed E-state index contributed by atoms with van der Waals surface area (Å²) in [5.41, 5.74) is 0.888. The average molecular weight is 341 g/mol. The third-order valence-corrected chi connectivity index (χ3v) is 4.13. The Labute approximate surface area is 130 Å². The number of nitrogens with zero attached hydrogens (tertiary/aromatic N) is 1. The highest BCUT2D eigenvalue weighted by Gasteiger charge is 2.04. The van der Waals surface area contributed by atoms with E-state index < -0.39 is 0 Å². The maximum atomic E-state index is 11.8. The van der Waals surface area contributed by atoms with Crippen molar-refractivity contribution in [1.29, 1.82) is 0 Å². The molecule has 1 aromatic heterocycles. The van der Waals surface area contributed by atoms with E-state index >= 15 is 0 Å². The van der Waals surface area contributed by atoms with Crippen molar-refractivity contribution in [2.24, 2.45) is 0 Å². The first-order valence-corrected chi connectivity index (χ1v) is 8.35. The minimum Gasteiger partial charge on any atom is -0.311 e. The number of carbonyl (C=O) groups excluding carboxylic acids is 1. The molecule has 0 fully saturated rings. The lowest BCUT2D eigenvalue weighted by Gasteiger charge is -2.06. The van der Waals surface area contributed by atoms with Crippen molar-refractivity contribution in [2.45, 2.75) is 65.2 Å². The minimum absolute atomic E-state index is 0.0628. The zero-order chi connectivity index (χ0) is 14.8. The van der Waals surface area contributed by atoms with Gasteiger partial charge in [-0.25, -0.2) is 4.98 Å². The molecule has 0 unspecified atom stereocenters. The largest absolute Gasteiger partial charge is 0.311 e. The quantitative estimate of drug-likeness (QED) is 0.625. The van der Waals surface area contributed by atoms with Crippen LogP contribution in [-0.2, 0) is 4.79 Å². The third-order valence-electron chi connectivity index (χ3n) is 3.30. The van der Waals surface area contributed by atoms with Gasteiger partial charge in [-0.05, 0) is 41.4 Å². The van der Waals surface area contributed by atoms with Crippen LogP contribution in [0.1, 0.15) is 64.0 Å². The van der Waals surface area contributed by atoms with E-state index in [1.165, 1.54) is 32.1 Å². The number of hydrogen-bond acceptors (Lipinski definition) is 2. The Morgan fingerprint density at radius 2 is 1.80 bits per heavy atom. The van der Waals surface area contributed by atoms with Crippen molar-refractivity contribution >= 4 is 27.7 Å². The Kier molecular flexibility index (Phi) is 8.51. The first kappa shape index (κ1) is 17.2. The third kappa shape index (κ3) is 7.04. The van der Waals surface area contributed by atoms with E-state index in [-0.39, 0.29) is 5.91 Å². The van der Waals surface area contributed by atoms with Gasteiger partial charge in [-0.2, -0.15) is 0 Å². The van der Waals surface area contributed by atoms with Gasteiger partial charge in [-0.3, -0.25) is 4.79 Å². The lowest BCUT2D eigenvalue weighted by atomic mass is 10.1. The van der Waals surface area contributed by atoms with E-state index in [0.29, 0.717) is 12.2 Å². The van der Waals surface area contributed by atoms with Gasteiger partial charge in [0.15, 0.2) is 0 Å². The highest BCUT2D eigenvalue weighted by Crippen LogP contribution is 2.16. The number of carbonyl (C=O) groups is 1. The highest BCUT2D eigenvalue weighted by atomic mass is 79.9. The van der Waals surface area contributed by atoms with Crippen LogP contribution < -0.4 is 5.32 Å². The smallest absolute Gasteiger partial charge is 0.225 e. The van der Waals surface area contributed by atoms with Gasteiger partial charge in [0.25, 0.3) is 0 Å². The van der Waals surface area contributed by atoms with Crippen LogP contribution in [-0.4, -0.2) is 10.9 Å². The molecule has 0 radical (unpaired) electrons. The molecule has 1 N–H and O–H groups in total. The molecule has 4 heteroatoms. The number of nitrogens with one attached hydrogen (secondary N) is 1. The second-order valence-electron chi connectivity index (χ2n) is 5.18. The van der Waals surface area contributed by atoms with Crippen LogP contribution >= 0.6 is 15.9 Å². The molecule has 1 heterocycles. The summed E-state index contributed by atoms with van der Waals surface area (Å²) in [6.07, 6.45) is 9.16. The molecule has 0 aromatic carbocycles. The van der Waals surface area contributed by atoms with Crippen LogP contribution in [0, 0.1) is 6.92 Å². The molecule has 0 bridgehead atoms. The van der Waals surface area contributed by atoms with Crippen LogP contribution in [0.15, 0.2) is 16.6 Å². The predicted molar refractivity (Wildman–Crippen MR) is 87.9 cm³/mol. The molecule has 1 aromatic rings. The molecule has 0 aliphatic heterocycles. The van der Waals surface area contributed by atoms with E-state index in [1.54, 1.807) is 0 Å². The number of hydrogen-bond donors (Lipinski definition) is 1. The number of aryl methyl sites for hydroxylation is 1. The van der Waals surface area contributed by atoms with Crippen LogP contribution in [0.3, 0.4) is 0 Å². The molecule has 0 spiro atoms. The predicted octanol–water partition coefficient (Wildman–Crippen LogP) is 5.23. The van der Waals surface area contributed by atoms with Crippen molar-refractivity contribution in [3.63, 3.8) is 0 Å². The Morgan fingerprint density at radius 1 is 1.15 bits per heavy atom. The van der Waals surface area contributed by atoms with Crippen LogP contribution in [0.25, 0.3) is 0 Å². The number of rotatable bonds is 9. The lowest BCUT2D eigenvalue weighted by molar-refractivity contribution is -0.116. The normalized spacial score (nSPS) is 10.6. The summed E-state index contributed by atoms with van der Waals surface area (Å²) in [6.45, 7) is 4.14. The Balaban J connectivity index is 2.15. The second kappa shape index (κ2) is 9.92. The van der Waals surface area contributed by atoms with E-state index in [1.807, 2.05) is 19.1 Å². The number of pyridine rings is 1. The lowest BCUT2D eigenvalue weighted by Crippen LogP contribution is -2.12. The number of halogens is 1. The highest BCUT2D eigenvalue weighted by molar-refractivity contribution is 9.10. The molecule has 20 heavy (non-hydrogen) atoms. The van der Waals surface area contributed by atoms with E-state index in [2.05, 4.69) is 33.2 Å². The summed E-state index contributed by atoms with van der Waals surface area (Å²) in [4.78, 5) is 16.1. The maximum Gasteiger partial charge on any atom is 0.225 e. The molecule has 0 aliphatic carbocycles. The van der Waals surface area contributed by atoms with Gasteiger partial charge in [0.05, 0.1) is 5.69 Å². The SMILES string of the molecule is CCCCCCCCCC(=O)Nc1ccc(Br)c(C)n1. The second-order valence-corrected chi connectivity index (χ2v) is 6.04. The minimum atomic E-state index is 0.0628. The fraction of sp³-hybridized carbons (Fsp3) is 0.625. The van der Waals surface area contributed by atoms with Crippen molar-refractivity contribution in [1.82, 2.24) is 4.98 Å². The fourth-order valence-corrected chi connectivity index (χ4v) is 2.28. The van der Waals surface area contributed by atoms with Gasteiger partial charge in [0.1, 0.15) is 5.82 Å². The topological polar surface area (TPSA) is 42.0 Å². The first-order valence-electron chi connectivity index (χ1n) is 7.56. The zero-order valence-electron chi connectivity index (χ0n) is 12.5. The summed E-state index contributed by atoms with van der Waals surface area (Å²) in [5.74, 6) is 0.700. The van der Waals surface area contributed by atoms with Gasteiger partial charge in [-0.15, -0.1) is 0 Å². The van der Waals surface area contributed by atoms with Crippen LogP contribution in [0.5, 0.6) is 0 Å². The summed E-state index contributed by atoms with van der Waals surface area (Å²) < 4.78 is 0.961. The van der Waals surface area contributed by atoms with Crippen molar-refractivity contribution in [3.8, 4) is 0 Å². The number of aromatic nitrogens is 1. The molecule has 0 saturated heterocycles. The first-order chi connectivity index (χ1) is 9.63. The molecular formula is C16H25BrN2O. The fourth-order valence-electron chi connectivity index (χ4n) is 2.06. The van der Waals surface area contributed by atoms with E-state index in [0.717, 1.165) is 23.0 Å². The molecular weight excluding hydrogens is 316 g/mol. The van der Waals surface area contributed by atoms with E-state index in [9.17, 15) is 4.79 Å². The summed E-state index contributed by atoms with van der Waals surface area (Å²) in [5, 5.41) is 2.85. The average Bonchev–Trinajstić information content (AvgIpc) is 2.42. The number of amides is 1. The van der Waals surface area contributed by atoms with Gasteiger partial charge < -0.3 is 5.32 Å². The molecule has 0 aliphatic rings. The van der Waals surface area contributed by atoms with Gasteiger partial charge in [0.2, 0.25) is 5.91 Å². The van der Waals surface area contributed by atoms with Crippen molar-refractivity contribution in [2.75, 3.05) is 5.32 Å². The summed E-state index contributed by atoms with van der Waals surface area (Å²) in [6, 6.07) is 3.73. The van der Waals surface area contributed by atoms with Gasteiger partial charge >= 0.3 is 0 Å².